The number of morpholine rings is 1. The van der Waals surface area contributed by atoms with E-state index >= 15 is 0 Å². The van der Waals surface area contributed by atoms with Gasteiger partial charge in [-0.1, -0.05) is 25.1 Å². The Balaban J connectivity index is 1.49. The average Bonchev–Trinajstić information content (AvgIpc) is 2.68. The van der Waals surface area contributed by atoms with Crippen molar-refractivity contribution < 1.29 is 14.3 Å². The molecule has 0 radical (unpaired) electrons. The van der Waals surface area contributed by atoms with Gasteiger partial charge in [0.2, 0.25) is 0 Å². The molecule has 2 aliphatic heterocycles. The van der Waals surface area contributed by atoms with Crippen LogP contribution in [0.15, 0.2) is 24.3 Å². The molecule has 1 aromatic rings. The maximum absolute atomic E-state index is 12.7. The van der Waals surface area contributed by atoms with Crippen LogP contribution in [0.25, 0.3) is 0 Å². The van der Waals surface area contributed by atoms with E-state index in [1.807, 2.05) is 36.1 Å². The van der Waals surface area contributed by atoms with Gasteiger partial charge in [-0.15, -0.1) is 0 Å². The number of piperidine rings is 1. The minimum absolute atomic E-state index is 0.0259. The van der Waals surface area contributed by atoms with Crippen LogP contribution in [0.2, 0.25) is 0 Å². The number of aryl methyl sites for hydroxylation is 1. The van der Waals surface area contributed by atoms with Gasteiger partial charge in [-0.2, -0.15) is 0 Å². The Morgan fingerprint density at radius 3 is 2.62 bits per heavy atom. The molecule has 0 aliphatic carbocycles. The van der Waals surface area contributed by atoms with Crippen LogP contribution in [0.5, 0.6) is 0 Å². The Bertz CT molecular complexity index is 641. The molecule has 142 valence electrons. The van der Waals surface area contributed by atoms with Crippen LogP contribution in [0.1, 0.15) is 35.7 Å². The summed E-state index contributed by atoms with van der Waals surface area (Å²) < 4.78 is 5.68. The van der Waals surface area contributed by atoms with E-state index in [0.717, 1.165) is 37.1 Å². The smallest absolute Gasteiger partial charge is 0.253 e. The van der Waals surface area contributed by atoms with Crippen molar-refractivity contribution in [2.24, 2.45) is 0 Å². The number of carbonyl (C=O) groups is 2. The van der Waals surface area contributed by atoms with Gasteiger partial charge < -0.3 is 15.0 Å². The second-order valence-electron chi connectivity index (χ2n) is 7.14. The highest BCUT2D eigenvalue weighted by Crippen LogP contribution is 2.16. The number of amides is 2. The molecule has 26 heavy (non-hydrogen) atoms. The lowest BCUT2D eigenvalue weighted by atomic mass is 10.0. The summed E-state index contributed by atoms with van der Waals surface area (Å²) in [5.74, 6) is 0.0638. The number of hydrogen-bond donors (Lipinski definition) is 1. The molecular weight excluding hydrogens is 330 g/mol. The molecule has 3 rings (SSSR count). The Morgan fingerprint density at radius 2 is 1.92 bits per heavy atom. The molecule has 2 fully saturated rings. The summed E-state index contributed by atoms with van der Waals surface area (Å²) in [5, 5.41) is 3.11. The van der Waals surface area contributed by atoms with Crippen molar-refractivity contribution in [1.82, 2.24) is 15.1 Å². The van der Waals surface area contributed by atoms with Crippen LogP contribution in [0.4, 0.5) is 0 Å². The highest BCUT2D eigenvalue weighted by molar-refractivity contribution is 5.95. The predicted octanol–water partition coefficient (Wildman–Crippen LogP) is 1.44. The normalized spacial score (nSPS) is 22.2. The fraction of sp³-hybridized carbons (Fsp3) is 0.600. The Kier molecular flexibility index (Phi) is 6.27. The number of ether oxygens (including phenoxy) is 1. The molecule has 1 aromatic carbocycles. The molecule has 0 spiro atoms. The molecule has 1 N–H and O–H groups in total. The molecular formula is C20H29N3O3. The third kappa shape index (κ3) is 4.43. The van der Waals surface area contributed by atoms with Crippen LogP contribution in [-0.2, 0) is 9.53 Å². The number of benzene rings is 1. The summed E-state index contributed by atoms with van der Waals surface area (Å²) in [6, 6.07) is 7.73. The van der Waals surface area contributed by atoms with Crippen LogP contribution in [0, 0.1) is 6.92 Å². The third-order valence-corrected chi connectivity index (χ3v) is 5.40. The number of nitrogens with one attached hydrogen (secondary N) is 1. The van der Waals surface area contributed by atoms with Crippen LogP contribution < -0.4 is 5.32 Å². The zero-order valence-corrected chi connectivity index (χ0v) is 15.7. The van der Waals surface area contributed by atoms with Gasteiger partial charge in [-0.25, -0.2) is 0 Å². The van der Waals surface area contributed by atoms with E-state index in [1.165, 1.54) is 0 Å². The molecule has 0 saturated carbocycles. The van der Waals surface area contributed by atoms with Crippen molar-refractivity contribution >= 4 is 11.8 Å². The first-order valence-electron chi connectivity index (χ1n) is 9.57. The largest absolute Gasteiger partial charge is 0.366 e. The van der Waals surface area contributed by atoms with E-state index < -0.39 is 0 Å². The lowest BCUT2D eigenvalue weighted by Crippen LogP contribution is -2.54. The van der Waals surface area contributed by atoms with Crippen molar-refractivity contribution in [3.05, 3.63) is 35.4 Å². The molecule has 2 amide bonds. The first kappa shape index (κ1) is 18.9. The molecule has 2 heterocycles. The monoisotopic (exact) mass is 359 g/mol. The van der Waals surface area contributed by atoms with Crippen molar-refractivity contribution in [3.8, 4) is 0 Å². The molecule has 1 atom stereocenters. The quantitative estimate of drug-likeness (QED) is 0.884. The molecule has 0 bridgehead atoms. The van der Waals surface area contributed by atoms with Gasteiger partial charge in [0.05, 0.1) is 6.61 Å². The first-order valence-corrected chi connectivity index (χ1v) is 9.57. The second-order valence-corrected chi connectivity index (χ2v) is 7.14. The number of rotatable bonds is 4. The van der Waals surface area contributed by atoms with Gasteiger partial charge in [-0.05, 0) is 37.9 Å². The van der Waals surface area contributed by atoms with E-state index in [9.17, 15) is 9.59 Å². The minimum Gasteiger partial charge on any atom is -0.366 e. The van der Waals surface area contributed by atoms with Gasteiger partial charge >= 0.3 is 0 Å². The second kappa shape index (κ2) is 8.64. The molecule has 6 heteroatoms. The topological polar surface area (TPSA) is 61.9 Å². The standard InChI is InChI=1S/C20H29N3O3/c1-3-22-12-13-26-18(14-22)20(25)23-10-8-16(9-11-23)21-19(24)17-7-5-4-6-15(17)2/h4-7,16,18H,3,8-14H2,1-2H3,(H,21,24). The predicted molar refractivity (Wildman–Crippen MR) is 100 cm³/mol. The number of likely N-dealkylation sites (tertiary alicyclic amines) is 1. The van der Waals surface area contributed by atoms with E-state index in [0.29, 0.717) is 26.2 Å². The van der Waals surface area contributed by atoms with E-state index in [1.54, 1.807) is 0 Å². The summed E-state index contributed by atoms with van der Waals surface area (Å²) in [6.07, 6.45) is 1.23. The van der Waals surface area contributed by atoms with Gasteiger partial charge in [-0.3, -0.25) is 14.5 Å². The lowest BCUT2D eigenvalue weighted by molar-refractivity contribution is -0.150. The summed E-state index contributed by atoms with van der Waals surface area (Å²) in [7, 11) is 0. The average molecular weight is 359 g/mol. The highest BCUT2D eigenvalue weighted by atomic mass is 16.5. The number of nitrogens with zero attached hydrogens (tertiary/aromatic N) is 2. The maximum atomic E-state index is 12.7. The number of hydrogen-bond acceptors (Lipinski definition) is 4. The fourth-order valence-electron chi connectivity index (χ4n) is 3.68. The van der Waals surface area contributed by atoms with Crippen LogP contribution in [0.3, 0.4) is 0 Å². The number of likely N-dealkylation sites (N-methyl/N-ethyl adjacent to an activating group) is 1. The fourth-order valence-corrected chi connectivity index (χ4v) is 3.68. The third-order valence-electron chi connectivity index (χ3n) is 5.40. The Hall–Kier alpha value is -1.92. The zero-order valence-electron chi connectivity index (χ0n) is 15.7. The Morgan fingerprint density at radius 1 is 1.19 bits per heavy atom. The molecule has 0 aromatic heterocycles. The molecule has 2 aliphatic rings. The molecule has 1 unspecified atom stereocenters. The SMILES string of the molecule is CCN1CCOC(C(=O)N2CCC(NC(=O)c3ccccc3C)CC2)C1. The zero-order chi connectivity index (χ0) is 18.5. The van der Waals surface area contributed by atoms with Gasteiger partial charge in [0.1, 0.15) is 6.10 Å². The minimum atomic E-state index is -0.346. The van der Waals surface area contributed by atoms with Crippen LogP contribution >= 0.6 is 0 Å². The van der Waals surface area contributed by atoms with E-state index in [-0.39, 0.29) is 24.0 Å². The summed E-state index contributed by atoms with van der Waals surface area (Å²) in [5.41, 5.74) is 1.70. The summed E-state index contributed by atoms with van der Waals surface area (Å²) >= 11 is 0. The van der Waals surface area contributed by atoms with Crippen molar-refractivity contribution in [1.29, 1.82) is 0 Å². The van der Waals surface area contributed by atoms with Crippen molar-refractivity contribution in [3.63, 3.8) is 0 Å². The molecule has 2 saturated heterocycles. The van der Waals surface area contributed by atoms with E-state index in [2.05, 4.69) is 17.1 Å². The lowest BCUT2D eigenvalue weighted by Gasteiger charge is -2.37. The number of carbonyl (C=O) groups excluding carboxylic acids is 2. The first-order chi connectivity index (χ1) is 12.6. The summed E-state index contributed by atoms with van der Waals surface area (Å²) in [4.78, 5) is 29.3. The van der Waals surface area contributed by atoms with Crippen LogP contribution in [-0.4, -0.2) is 73.1 Å². The van der Waals surface area contributed by atoms with E-state index in [4.69, 9.17) is 4.74 Å². The van der Waals surface area contributed by atoms with Crippen molar-refractivity contribution in [2.45, 2.75) is 38.8 Å². The van der Waals surface area contributed by atoms with Gasteiger partial charge in [0.15, 0.2) is 0 Å². The highest BCUT2D eigenvalue weighted by Gasteiger charge is 2.32. The Labute approximate surface area is 155 Å². The van der Waals surface area contributed by atoms with Gasteiger partial charge in [0.25, 0.3) is 11.8 Å². The van der Waals surface area contributed by atoms with Crippen molar-refractivity contribution in [2.75, 3.05) is 39.3 Å². The molecule has 6 nitrogen and oxygen atoms in total. The maximum Gasteiger partial charge on any atom is 0.253 e. The van der Waals surface area contributed by atoms with Gasteiger partial charge in [0, 0.05) is 37.8 Å². The summed E-state index contributed by atoms with van der Waals surface area (Å²) in [6.45, 7) is 8.53.